The number of rotatable bonds is 13. The third-order valence-electron chi connectivity index (χ3n) is 4.47. The van der Waals surface area contributed by atoms with Crippen LogP contribution in [0.2, 0.25) is 25.7 Å². The van der Waals surface area contributed by atoms with E-state index < -0.39 is 24.1 Å². The number of methoxy groups -OCH3 is 1. The topological polar surface area (TPSA) is 121 Å². The Morgan fingerprint density at radius 2 is 1.91 bits per heavy atom. The zero-order chi connectivity index (χ0) is 24.5. The van der Waals surface area contributed by atoms with Crippen LogP contribution >= 0.6 is 0 Å². The van der Waals surface area contributed by atoms with E-state index in [0.29, 0.717) is 31.2 Å². The second-order valence-electron chi connectivity index (χ2n) is 8.35. The zero-order valence-corrected chi connectivity index (χ0v) is 21.5. The van der Waals surface area contributed by atoms with Crippen LogP contribution in [0.4, 0.5) is 0 Å². The highest BCUT2D eigenvalue weighted by Gasteiger charge is 2.18. The summed E-state index contributed by atoms with van der Waals surface area (Å²) < 4.78 is 42.2. The number of hydrogen-bond acceptors (Lipinski definition) is 8. The molecule has 12 heteroatoms. The molecule has 1 N–H and O–H groups in total. The van der Waals surface area contributed by atoms with Crippen LogP contribution in [0, 0.1) is 0 Å². The summed E-state index contributed by atoms with van der Waals surface area (Å²) in [6.07, 6.45) is 2.83. The maximum Gasteiger partial charge on any atom is 0.374 e. The molecular weight excluding hydrogens is 464 g/mol. The van der Waals surface area contributed by atoms with Crippen LogP contribution in [-0.2, 0) is 26.0 Å². The molecule has 0 bridgehead atoms. The minimum Gasteiger partial charge on any atom is -0.497 e. The molecule has 0 aliphatic heterocycles. The van der Waals surface area contributed by atoms with Crippen LogP contribution in [0.25, 0.3) is 0 Å². The molecule has 0 aliphatic carbocycles. The lowest BCUT2D eigenvalue weighted by Gasteiger charge is -2.15. The first-order valence-electron chi connectivity index (χ1n) is 10.6. The minimum atomic E-state index is -3.86. The van der Waals surface area contributed by atoms with Gasteiger partial charge in [0.05, 0.1) is 31.4 Å². The normalized spacial score (nSPS) is 12.2. The first-order valence-corrected chi connectivity index (χ1v) is 15.8. The largest absolute Gasteiger partial charge is 0.497 e. The molecule has 0 spiro atoms. The molecule has 0 saturated carbocycles. The van der Waals surface area contributed by atoms with Gasteiger partial charge in [-0.25, -0.2) is 14.6 Å². The van der Waals surface area contributed by atoms with Gasteiger partial charge in [-0.2, -0.15) is 13.5 Å². The van der Waals surface area contributed by atoms with Crippen LogP contribution in [0.5, 0.6) is 5.75 Å². The summed E-state index contributed by atoms with van der Waals surface area (Å²) in [6.45, 7) is 10.2. The van der Waals surface area contributed by atoms with E-state index in [0.717, 1.165) is 6.04 Å². The number of hydrogen-bond donors (Lipinski definition) is 1. The average molecular weight is 497 g/mol. The Kier molecular flexibility index (Phi) is 9.62. The van der Waals surface area contributed by atoms with E-state index in [-0.39, 0.29) is 17.3 Å². The zero-order valence-electron chi connectivity index (χ0n) is 19.7. The summed E-state index contributed by atoms with van der Waals surface area (Å²) in [7, 11) is -3.55. The molecule has 0 saturated heterocycles. The fourth-order valence-electron chi connectivity index (χ4n) is 2.64. The van der Waals surface area contributed by atoms with Crippen LogP contribution < -0.4 is 9.57 Å². The molecule has 10 nitrogen and oxygen atoms in total. The number of carbonyl (C=O) groups excluding carboxylic acids is 1. The minimum absolute atomic E-state index is 0.0358. The first-order chi connectivity index (χ1) is 15.6. The number of aromatic nitrogens is 2. The standard InChI is InChI=1S/C21H32N4O6SSi/c1-6-31-21(26)20-23-17(16-25(20)11-12-30-13-14-33(3,4)5)15-22-24-32(27,28)19-9-7-18(29-2)8-10-19/h7-10,15-16,24H,6,11-14H2,1-5H3/b22-15-. The number of sulfonamides is 1. The van der Waals surface area contributed by atoms with E-state index >= 15 is 0 Å². The Morgan fingerprint density at radius 3 is 2.52 bits per heavy atom. The van der Waals surface area contributed by atoms with Gasteiger partial charge >= 0.3 is 5.97 Å². The van der Waals surface area contributed by atoms with Gasteiger partial charge in [0.2, 0.25) is 5.82 Å². The summed E-state index contributed by atoms with van der Waals surface area (Å²) in [5, 5.41) is 3.78. The SMILES string of the molecule is CCOC(=O)c1nc(/C=N\NS(=O)(=O)c2ccc(OC)cc2)cn1CCOCC[Si](C)(C)C. The van der Waals surface area contributed by atoms with E-state index in [4.69, 9.17) is 14.2 Å². The second kappa shape index (κ2) is 12.0. The molecule has 0 radical (unpaired) electrons. The van der Waals surface area contributed by atoms with Crippen molar-refractivity contribution in [3.05, 3.63) is 42.0 Å². The molecule has 33 heavy (non-hydrogen) atoms. The van der Waals surface area contributed by atoms with E-state index in [1.54, 1.807) is 17.7 Å². The molecule has 1 aromatic heterocycles. The monoisotopic (exact) mass is 496 g/mol. The Bertz CT molecular complexity index is 1050. The van der Waals surface area contributed by atoms with Crippen molar-refractivity contribution < 1.29 is 27.4 Å². The molecule has 2 aromatic rings. The Labute approximate surface area is 196 Å². The summed E-state index contributed by atoms with van der Waals surface area (Å²) in [6, 6.07) is 6.95. The number of nitrogens with one attached hydrogen (secondary N) is 1. The summed E-state index contributed by atoms with van der Waals surface area (Å²) >= 11 is 0. The van der Waals surface area contributed by atoms with Gasteiger partial charge in [-0.1, -0.05) is 19.6 Å². The molecule has 0 amide bonds. The van der Waals surface area contributed by atoms with Crippen LogP contribution in [-0.4, -0.2) is 65.2 Å². The van der Waals surface area contributed by atoms with Crippen molar-refractivity contribution in [3.8, 4) is 5.75 Å². The van der Waals surface area contributed by atoms with Crippen LogP contribution in [0.3, 0.4) is 0 Å². The molecule has 0 fully saturated rings. The van der Waals surface area contributed by atoms with Crippen molar-refractivity contribution in [2.45, 2.75) is 44.0 Å². The molecule has 0 aliphatic rings. The molecule has 0 atom stereocenters. The Morgan fingerprint density at radius 1 is 1.21 bits per heavy atom. The third kappa shape index (κ3) is 8.63. The lowest BCUT2D eigenvalue weighted by molar-refractivity contribution is 0.0502. The summed E-state index contributed by atoms with van der Waals surface area (Å²) in [5.74, 6) is 0.0714. The highest BCUT2D eigenvalue weighted by atomic mass is 32.2. The van der Waals surface area contributed by atoms with E-state index in [1.807, 2.05) is 0 Å². The molecule has 1 aromatic carbocycles. The molecule has 2 rings (SSSR count). The third-order valence-corrected chi connectivity index (χ3v) is 7.41. The van der Waals surface area contributed by atoms with Crippen molar-refractivity contribution in [2.24, 2.45) is 5.10 Å². The van der Waals surface area contributed by atoms with E-state index in [9.17, 15) is 13.2 Å². The van der Waals surface area contributed by atoms with Gasteiger partial charge in [0.15, 0.2) is 0 Å². The Balaban J connectivity index is 2.06. The van der Waals surface area contributed by atoms with E-state index in [1.165, 1.54) is 37.6 Å². The number of ether oxygens (including phenoxy) is 3. The van der Waals surface area contributed by atoms with Gasteiger partial charge in [-0.05, 0) is 37.2 Å². The number of benzene rings is 1. The predicted molar refractivity (Wildman–Crippen MR) is 128 cm³/mol. The number of imidazole rings is 1. The van der Waals surface area contributed by atoms with Crippen LogP contribution in [0.15, 0.2) is 40.5 Å². The molecule has 182 valence electrons. The number of nitrogens with zero attached hydrogens (tertiary/aromatic N) is 3. The fourth-order valence-corrected chi connectivity index (χ4v) is 4.19. The molecular formula is C21H32N4O6SSi. The van der Waals surface area contributed by atoms with E-state index in [2.05, 4.69) is 34.6 Å². The van der Waals surface area contributed by atoms with Crippen molar-refractivity contribution in [2.75, 3.05) is 26.9 Å². The maximum atomic E-state index is 12.4. The lowest BCUT2D eigenvalue weighted by Crippen LogP contribution is -2.22. The molecule has 1 heterocycles. The second-order valence-corrected chi connectivity index (χ2v) is 15.6. The van der Waals surface area contributed by atoms with Gasteiger partial charge in [0.25, 0.3) is 10.0 Å². The van der Waals surface area contributed by atoms with Gasteiger partial charge in [-0.3, -0.25) is 0 Å². The highest BCUT2D eigenvalue weighted by molar-refractivity contribution is 7.89. The maximum absolute atomic E-state index is 12.4. The summed E-state index contributed by atoms with van der Waals surface area (Å²) in [4.78, 5) is 18.7. The number of hydrazone groups is 1. The van der Waals surface area contributed by atoms with Crippen LogP contribution in [0.1, 0.15) is 23.2 Å². The fraction of sp³-hybridized carbons (Fsp3) is 0.476. The van der Waals surface area contributed by atoms with Crippen molar-refractivity contribution in [3.63, 3.8) is 0 Å². The van der Waals surface area contributed by atoms with Gasteiger partial charge in [0.1, 0.15) is 11.4 Å². The number of esters is 1. The predicted octanol–water partition coefficient (Wildman–Crippen LogP) is 2.74. The van der Waals surface area contributed by atoms with Crippen molar-refractivity contribution >= 4 is 30.3 Å². The first kappa shape index (κ1) is 26.5. The lowest BCUT2D eigenvalue weighted by atomic mass is 10.3. The quantitative estimate of drug-likeness (QED) is 0.149. The van der Waals surface area contributed by atoms with Crippen molar-refractivity contribution in [1.82, 2.24) is 14.4 Å². The molecule has 0 unspecified atom stereocenters. The Hall–Kier alpha value is -2.70. The smallest absolute Gasteiger partial charge is 0.374 e. The van der Waals surface area contributed by atoms with Gasteiger partial charge in [0, 0.05) is 27.4 Å². The van der Waals surface area contributed by atoms with Crippen molar-refractivity contribution in [1.29, 1.82) is 0 Å². The summed E-state index contributed by atoms with van der Waals surface area (Å²) in [5.41, 5.74) is 0.303. The van der Waals surface area contributed by atoms with Gasteiger partial charge in [-0.15, -0.1) is 0 Å². The number of carbonyl (C=O) groups is 1. The average Bonchev–Trinajstić information content (AvgIpc) is 3.16. The van der Waals surface area contributed by atoms with Gasteiger partial charge < -0.3 is 18.8 Å². The highest BCUT2D eigenvalue weighted by Crippen LogP contribution is 2.15.